The van der Waals surface area contributed by atoms with Gasteiger partial charge in [-0.05, 0) is 79.7 Å². The van der Waals surface area contributed by atoms with Crippen molar-refractivity contribution in [2.75, 3.05) is 0 Å². The number of ketones is 1. The average Bonchev–Trinajstić information content (AvgIpc) is 3.00. The molecular weight excluding hydrogens is 384 g/mol. The smallest absolute Gasteiger partial charge is 0.335 e. The third-order valence-electron chi connectivity index (χ3n) is 9.80. The summed E-state index contributed by atoms with van der Waals surface area (Å²) in [5, 5.41) is 33.7. The Bertz CT molecular complexity index is 904. The van der Waals surface area contributed by atoms with Crippen LogP contribution in [0.25, 0.3) is 0 Å². The van der Waals surface area contributed by atoms with Gasteiger partial charge in [0.15, 0.2) is 5.78 Å². The highest BCUT2D eigenvalue weighted by molar-refractivity contribution is 5.89. The number of hydrogen-bond donors (Lipinski definition) is 3. The summed E-state index contributed by atoms with van der Waals surface area (Å²) in [4.78, 5) is 25.1. The highest BCUT2D eigenvalue weighted by atomic mass is 16.4. The second-order valence-electron chi connectivity index (χ2n) is 10.8. The molecule has 30 heavy (non-hydrogen) atoms. The zero-order chi connectivity index (χ0) is 21.5. The predicted octanol–water partition coefficient (Wildman–Crippen LogP) is 2.39. The van der Waals surface area contributed by atoms with Gasteiger partial charge in [-0.25, -0.2) is 4.79 Å². The Morgan fingerprint density at radius 2 is 1.80 bits per heavy atom. The number of fused-ring (bicyclic) bond motifs is 5. The number of carbonyl (C=O) groups excluding carboxylic acids is 1. The van der Waals surface area contributed by atoms with E-state index in [-0.39, 0.29) is 41.0 Å². The van der Waals surface area contributed by atoms with E-state index in [0.717, 1.165) is 24.8 Å². The summed E-state index contributed by atoms with van der Waals surface area (Å²) in [5.41, 5.74) is -2.17. The Balaban J connectivity index is 1.58. The summed E-state index contributed by atoms with van der Waals surface area (Å²) in [5.74, 6) is -0.752. The fraction of sp³-hybridized carbons (Fsp3) is 0.750. The molecule has 1 aromatic rings. The van der Waals surface area contributed by atoms with Crippen molar-refractivity contribution >= 4 is 5.78 Å². The van der Waals surface area contributed by atoms with Crippen LogP contribution in [0.4, 0.5) is 0 Å². The van der Waals surface area contributed by atoms with Crippen LogP contribution in [0.3, 0.4) is 0 Å². The van der Waals surface area contributed by atoms with Gasteiger partial charge in [0.1, 0.15) is 6.10 Å². The molecule has 4 aliphatic carbocycles. The van der Waals surface area contributed by atoms with Gasteiger partial charge in [-0.15, -0.1) is 0 Å². The third-order valence-corrected chi connectivity index (χ3v) is 9.80. The van der Waals surface area contributed by atoms with Crippen molar-refractivity contribution in [3.8, 4) is 0 Å². The van der Waals surface area contributed by atoms with E-state index in [0.29, 0.717) is 25.7 Å². The van der Waals surface area contributed by atoms with Crippen LogP contribution < -0.4 is 5.63 Å². The minimum absolute atomic E-state index is 0.153. The van der Waals surface area contributed by atoms with Crippen LogP contribution in [-0.4, -0.2) is 38.9 Å². The molecule has 4 saturated carbocycles. The topological polar surface area (TPSA) is 108 Å². The van der Waals surface area contributed by atoms with Crippen molar-refractivity contribution in [2.45, 2.75) is 82.5 Å². The van der Waals surface area contributed by atoms with E-state index >= 15 is 0 Å². The molecule has 0 aromatic carbocycles. The molecule has 6 heteroatoms. The highest BCUT2D eigenvalue weighted by Crippen LogP contribution is 2.69. The molecule has 0 spiro atoms. The second kappa shape index (κ2) is 6.50. The highest BCUT2D eigenvalue weighted by Gasteiger charge is 2.73. The van der Waals surface area contributed by atoms with Crippen LogP contribution in [0.15, 0.2) is 27.6 Å². The summed E-state index contributed by atoms with van der Waals surface area (Å²) in [6.07, 6.45) is 4.71. The van der Waals surface area contributed by atoms with Crippen LogP contribution in [0.2, 0.25) is 0 Å². The molecular formula is C24H32O6. The molecule has 164 valence electrons. The van der Waals surface area contributed by atoms with Gasteiger partial charge in [-0.2, -0.15) is 0 Å². The molecule has 1 aromatic heterocycles. The van der Waals surface area contributed by atoms with Crippen molar-refractivity contribution in [2.24, 2.45) is 28.6 Å². The SMILES string of the molecule is CC12CCC(O)CC1CCC1C2C(=O)C(O)C2(C)C(c3ccc(=O)oc3)CCC12O. The molecule has 9 unspecified atom stereocenters. The number of Topliss-reactive ketones (excluding diaryl/α,β-unsaturated/α-hetero) is 1. The van der Waals surface area contributed by atoms with E-state index in [2.05, 4.69) is 6.92 Å². The van der Waals surface area contributed by atoms with Crippen molar-refractivity contribution in [3.05, 3.63) is 34.4 Å². The first-order chi connectivity index (χ1) is 14.1. The molecule has 4 fully saturated rings. The van der Waals surface area contributed by atoms with Gasteiger partial charge in [0, 0.05) is 17.4 Å². The van der Waals surface area contributed by atoms with E-state index < -0.39 is 22.7 Å². The number of rotatable bonds is 1. The van der Waals surface area contributed by atoms with E-state index in [9.17, 15) is 24.9 Å². The quantitative estimate of drug-likeness (QED) is 0.649. The molecule has 1 heterocycles. The van der Waals surface area contributed by atoms with Gasteiger partial charge in [-0.1, -0.05) is 13.8 Å². The van der Waals surface area contributed by atoms with Crippen molar-refractivity contribution in [1.29, 1.82) is 0 Å². The number of aliphatic hydroxyl groups excluding tert-OH is 2. The molecule has 6 nitrogen and oxygen atoms in total. The van der Waals surface area contributed by atoms with Crippen LogP contribution >= 0.6 is 0 Å². The molecule has 0 radical (unpaired) electrons. The maximum absolute atomic E-state index is 13.7. The molecule has 0 bridgehead atoms. The average molecular weight is 417 g/mol. The van der Waals surface area contributed by atoms with Gasteiger partial charge in [0.05, 0.1) is 18.0 Å². The Morgan fingerprint density at radius 3 is 2.50 bits per heavy atom. The standard InChI is InChI=1S/C24H32O6/c1-22-9-7-15(25)11-14(22)4-5-17-19(22)20(27)21(28)23(2)16(8-10-24(17,23)29)13-3-6-18(26)30-12-13/h3,6,12,14-17,19,21,25,28-29H,4-5,7-11H2,1-2H3. The molecule has 5 rings (SSSR count). The zero-order valence-corrected chi connectivity index (χ0v) is 17.7. The molecule has 0 aliphatic heterocycles. The van der Waals surface area contributed by atoms with Gasteiger partial charge < -0.3 is 19.7 Å². The number of hydrogen-bond acceptors (Lipinski definition) is 6. The van der Waals surface area contributed by atoms with Gasteiger partial charge in [0.25, 0.3) is 0 Å². The molecule has 9 atom stereocenters. The monoisotopic (exact) mass is 416 g/mol. The summed E-state index contributed by atoms with van der Waals surface area (Å²) in [6.45, 7) is 3.98. The number of aliphatic hydroxyl groups is 3. The van der Waals surface area contributed by atoms with Gasteiger partial charge in [-0.3, -0.25) is 4.79 Å². The zero-order valence-electron chi connectivity index (χ0n) is 17.7. The fourth-order valence-corrected chi connectivity index (χ4v) is 8.09. The minimum atomic E-state index is -1.27. The Morgan fingerprint density at radius 1 is 1.03 bits per heavy atom. The summed E-state index contributed by atoms with van der Waals surface area (Å²) >= 11 is 0. The van der Waals surface area contributed by atoms with Crippen molar-refractivity contribution in [3.63, 3.8) is 0 Å². The first-order valence-corrected chi connectivity index (χ1v) is 11.3. The van der Waals surface area contributed by atoms with Crippen molar-refractivity contribution in [1.82, 2.24) is 0 Å². The lowest BCUT2D eigenvalue weighted by Crippen LogP contribution is -2.70. The summed E-state index contributed by atoms with van der Waals surface area (Å²) in [6, 6.07) is 3.05. The summed E-state index contributed by atoms with van der Waals surface area (Å²) in [7, 11) is 0. The van der Waals surface area contributed by atoms with Crippen LogP contribution in [-0.2, 0) is 4.79 Å². The lowest BCUT2D eigenvalue weighted by atomic mass is 9.42. The van der Waals surface area contributed by atoms with Crippen LogP contribution in [0, 0.1) is 28.6 Å². The predicted molar refractivity (Wildman–Crippen MR) is 109 cm³/mol. The lowest BCUT2D eigenvalue weighted by molar-refractivity contribution is -0.230. The van der Waals surface area contributed by atoms with Crippen LogP contribution in [0.1, 0.15) is 70.3 Å². The Hall–Kier alpha value is -1.50. The van der Waals surface area contributed by atoms with E-state index in [1.807, 2.05) is 6.92 Å². The van der Waals surface area contributed by atoms with Crippen molar-refractivity contribution < 1.29 is 24.5 Å². The van der Waals surface area contributed by atoms with E-state index in [4.69, 9.17) is 4.42 Å². The normalized spacial score (nSPS) is 50.5. The molecule has 0 amide bonds. The number of carbonyl (C=O) groups is 1. The van der Waals surface area contributed by atoms with Crippen LogP contribution in [0.5, 0.6) is 0 Å². The molecule has 4 aliphatic rings. The second-order valence-corrected chi connectivity index (χ2v) is 10.8. The van der Waals surface area contributed by atoms with E-state index in [1.54, 1.807) is 6.07 Å². The fourth-order valence-electron chi connectivity index (χ4n) is 8.09. The Kier molecular flexibility index (Phi) is 4.42. The third kappa shape index (κ3) is 2.41. The largest absolute Gasteiger partial charge is 0.431 e. The molecule has 3 N–H and O–H groups in total. The summed E-state index contributed by atoms with van der Waals surface area (Å²) < 4.78 is 5.07. The minimum Gasteiger partial charge on any atom is -0.431 e. The lowest BCUT2D eigenvalue weighted by Gasteiger charge is -2.63. The van der Waals surface area contributed by atoms with Gasteiger partial charge in [0.2, 0.25) is 0 Å². The molecule has 0 saturated heterocycles. The maximum atomic E-state index is 13.7. The van der Waals surface area contributed by atoms with E-state index in [1.165, 1.54) is 12.3 Å². The first kappa shape index (κ1) is 20.4. The first-order valence-electron chi connectivity index (χ1n) is 11.3. The Labute approximate surface area is 176 Å². The van der Waals surface area contributed by atoms with Gasteiger partial charge >= 0.3 is 5.63 Å². The maximum Gasteiger partial charge on any atom is 0.335 e.